The number of hydrogen-bond acceptors (Lipinski definition) is 4. The molecule has 1 heterocycles. The third-order valence-electron chi connectivity index (χ3n) is 2.72. The van der Waals surface area contributed by atoms with E-state index < -0.39 is 5.97 Å². The van der Waals surface area contributed by atoms with Crippen LogP contribution in [-0.4, -0.2) is 24.1 Å². The van der Waals surface area contributed by atoms with Crippen molar-refractivity contribution in [2.45, 2.75) is 6.54 Å². The van der Waals surface area contributed by atoms with Gasteiger partial charge in [-0.2, -0.15) is 0 Å². The highest BCUT2D eigenvalue weighted by atomic mass is 16.5. The van der Waals surface area contributed by atoms with Gasteiger partial charge in [-0.1, -0.05) is 12.1 Å². The molecule has 2 amide bonds. The van der Waals surface area contributed by atoms with E-state index in [1.165, 1.54) is 7.11 Å². The Labute approximate surface area is 122 Å². The van der Waals surface area contributed by atoms with Crippen molar-refractivity contribution in [2.24, 2.45) is 0 Å². The van der Waals surface area contributed by atoms with Gasteiger partial charge in [-0.15, -0.1) is 0 Å². The molecule has 0 radical (unpaired) electrons. The fraction of sp³-hybridized carbons (Fsp3) is 0.133. The molecule has 0 aliphatic heterocycles. The second kappa shape index (κ2) is 7.04. The molecule has 0 bridgehead atoms. The van der Waals surface area contributed by atoms with Gasteiger partial charge in [-0.05, 0) is 29.8 Å². The number of ether oxygens (including phenoxy) is 1. The first-order valence-corrected chi connectivity index (χ1v) is 6.31. The van der Waals surface area contributed by atoms with Crippen LogP contribution < -0.4 is 10.6 Å². The molecular formula is C15H15N3O3. The van der Waals surface area contributed by atoms with Crippen LogP contribution in [0.25, 0.3) is 0 Å². The van der Waals surface area contributed by atoms with Crippen LogP contribution in [0.2, 0.25) is 0 Å². The monoisotopic (exact) mass is 285 g/mol. The van der Waals surface area contributed by atoms with Crippen molar-refractivity contribution in [3.63, 3.8) is 0 Å². The van der Waals surface area contributed by atoms with E-state index in [0.717, 1.165) is 5.56 Å². The second-order valence-corrected chi connectivity index (χ2v) is 4.24. The highest BCUT2D eigenvalue weighted by Gasteiger charge is 2.07. The topological polar surface area (TPSA) is 80.3 Å². The van der Waals surface area contributed by atoms with E-state index in [-0.39, 0.29) is 6.03 Å². The number of aromatic nitrogens is 1. The van der Waals surface area contributed by atoms with Gasteiger partial charge in [0.25, 0.3) is 0 Å². The molecule has 0 aliphatic carbocycles. The van der Waals surface area contributed by atoms with Crippen LogP contribution in [-0.2, 0) is 11.3 Å². The van der Waals surface area contributed by atoms with Crippen molar-refractivity contribution in [2.75, 3.05) is 12.4 Å². The first-order valence-electron chi connectivity index (χ1n) is 6.31. The number of pyridine rings is 1. The molecule has 0 saturated carbocycles. The van der Waals surface area contributed by atoms with Crippen LogP contribution in [0, 0.1) is 0 Å². The fourth-order valence-corrected chi connectivity index (χ4v) is 1.70. The van der Waals surface area contributed by atoms with Gasteiger partial charge in [0.05, 0.1) is 12.7 Å². The SMILES string of the molecule is COC(=O)c1cccc(NC(=O)NCc2cccnc2)c1. The van der Waals surface area contributed by atoms with Gasteiger partial charge in [0.1, 0.15) is 0 Å². The Morgan fingerprint density at radius 2 is 2.10 bits per heavy atom. The Bertz CT molecular complexity index is 629. The Hall–Kier alpha value is -2.89. The molecule has 1 aromatic heterocycles. The summed E-state index contributed by atoms with van der Waals surface area (Å²) in [5, 5.41) is 5.36. The second-order valence-electron chi connectivity index (χ2n) is 4.24. The van der Waals surface area contributed by atoms with Gasteiger partial charge in [-0.25, -0.2) is 9.59 Å². The lowest BCUT2D eigenvalue weighted by atomic mass is 10.2. The van der Waals surface area contributed by atoms with Crippen LogP contribution in [0.1, 0.15) is 15.9 Å². The number of esters is 1. The minimum Gasteiger partial charge on any atom is -0.465 e. The van der Waals surface area contributed by atoms with Crippen molar-refractivity contribution < 1.29 is 14.3 Å². The van der Waals surface area contributed by atoms with E-state index in [0.29, 0.717) is 17.8 Å². The van der Waals surface area contributed by atoms with Crippen molar-refractivity contribution in [1.82, 2.24) is 10.3 Å². The summed E-state index contributed by atoms with van der Waals surface area (Å²) in [5.41, 5.74) is 1.79. The largest absolute Gasteiger partial charge is 0.465 e. The van der Waals surface area contributed by atoms with Crippen molar-refractivity contribution in [3.05, 3.63) is 59.9 Å². The lowest BCUT2D eigenvalue weighted by molar-refractivity contribution is 0.0600. The quantitative estimate of drug-likeness (QED) is 0.844. The maximum absolute atomic E-state index is 11.8. The fourth-order valence-electron chi connectivity index (χ4n) is 1.70. The number of carbonyl (C=O) groups excluding carboxylic acids is 2. The first-order chi connectivity index (χ1) is 10.2. The third kappa shape index (κ3) is 4.31. The molecule has 108 valence electrons. The average molecular weight is 285 g/mol. The molecule has 1 aromatic carbocycles. The highest BCUT2D eigenvalue weighted by molar-refractivity contribution is 5.93. The summed E-state index contributed by atoms with van der Waals surface area (Å²) in [6.45, 7) is 0.371. The molecule has 0 unspecified atom stereocenters. The molecule has 2 rings (SSSR count). The van der Waals surface area contributed by atoms with E-state index in [1.54, 1.807) is 42.7 Å². The minimum atomic E-state index is -0.450. The number of urea groups is 1. The molecule has 0 aliphatic rings. The average Bonchev–Trinajstić information content (AvgIpc) is 2.53. The van der Waals surface area contributed by atoms with Crippen molar-refractivity contribution in [3.8, 4) is 0 Å². The summed E-state index contributed by atoms with van der Waals surface area (Å²) < 4.78 is 4.63. The van der Waals surface area contributed by atoms with E-state index in [2.05, 4.69) is 20.4 Å². The van der Waals surface area contributed by atoms with Crippen molar-refractivity contribution >= 4 is 17.7 Å². The van der Waals surface area contributed by atoms with Crippen LogP contribution in [0.5, 0.6) is 0 Å². The van der Waals surface area contributed by atoms with E-state index in [4.69, 9.17) is 0 Å². The third-order valence-corrected chi connectivity index (χ3v) is 2.72. The predicted molar refractivity (Wildman–Crippen MR) is 77.9 cm³/mol. The van der Waals surface area contributed by atoms with E-state index >= 15 is 0 Å². The number of amides is 2. The summed E-state index contributed by atoms with van der Waals surface area (Å²) in [4.78, 5) is 27.1. The zero-order valence-electron chi connectivity index (χ0n) is 11.5. The number of carbonyl (C=O) groups is 2. The normalized spacial score (nSPS) is 9.76. The number of nitrogens with one attached hydrogen (secondary N) is 2. The van der Waals surface area contributed by atoms with E-state index in [1.807, 2.05) is 6.07 Å². The van der Waals surface area contributed by atoms with Crippen LogP contribution in [0.4, 0.5) is 10.5 Å². The zero-order valence-corrected chi connectivity index (χ0v) is 11.5. The molecule has 21 heavy (non-hydrogen) atoms. The summed E-state index contributed by atoms with van der Waals surface area (Å²) in [6.07, 6.45) is 3.35. The molecule has 0 saturated heterocycles. The van der Waals surface area contributed by atoms with Crippen molar-refractivity contribution in [1.29, 1.82) is 0 Å². The molecule has 0 spiro atoms. The maximum Gasteiger partial charge on any atom is 0.337 e. The number of hydrogen-bond donors (Lipinski definition) is 2. The number of anilines is 1. The Balaban J connectivity index is 1.92. The number of nitrogens with zero attached hydrogens (tertiary/aromatic N) is 1. The van der Waals surface area contributed by atoms with Gasteiger partial charge >= 0.3 is 12.0 Å². The van der Waals surface area contributed by atoms with Gasteiger partial charge in [0, 0.05) is 24.6 Å². The number of methoxy groups -OCH3 is 1. The summed E-state index contributed by atoms with van der Waals surface area (Å²) in [5.74, 6) is -0.450. The lowest BCUT2D eigenvalue weighted by Crippen LogP contribution is -2.28. The zero-order chi connectivity index (χ0) is 15.1. The summed E-state index contributed by atoms with van der Waals surface area (Å²) >= 11 is 0. The summed E-state index contributed by atoms with van der Waals surface area (Å²) in [6, 6.07) is 9.83. The highest BCUT2D eigenvalue weighted by Crippen LogP contribution is 2.11. The molecule has 0 fully saturated rings. The first kappa shape index (κ1) is 14.5. The molecule has 0 atom stereocenters. The lowest BCUT2D eigenvalue weighted by Gasteiger charge is -2.08. The van der Waals surface area contributed by atoms with Crippen LogP contribution in [0.3, 0.4) is 0 Å². The molecule has 6 heteroatoms. The number of benzene rings is 1. The van der Waals surface area contributed by atoms with Crippen LogP contribution >= 0.6 is 0 Å². The Kier molecular flexibility index (Phi) is 4.87. The van der Waals surface area contributed by atoms with E-state index in [9.17, 15) is 9.59 Å². The summed E-state index contributed by atoms with van der Waals surface area (Å²) in [7, 11) is 1.31. The van der Waals surface area contributed by atoms with Gasteiger partial charge in [-0.3, -0.25) is 4.98 Å². The smallest absolute Gasteiger partial charge is 0.337 e. The molecule has 2 aromatic rings. The standard InChI is InChI=1S/C15H15N3O3/c1-21-14(19)12-5-2-6-13(8-12)18-15(20)17-10-11-4-3-7-16-9-11/h2-9H,10H2,1H3,(H2,17,18,20). The Morgan fingerprint density at radius 3 is 2.81 bits per heavy atom. The molecule has 2 N–H and O–H groups in total. The molecule has 6 nitrogen and oxygen atoms in total. The van der Waals surface area contributed by atoms with Crippen LogP contribution in [0.15, 0.2) is 48.8 Å². The minimum absolute atomic E-state index is 0.360. The molecular weight excluding hydrogens is 270 g/mol. The number of rotatable bonds is 4. The van der Waals surface area contributed by atoms with Gasteiger partial charge in [0.15, 0.2) is 0 Å². The predicted octanol–water partition coefficient (Wildman–Crippen LogP) is 2.19. The Morgan fingerprint density at radius 1 is 1.24 bits per heavy atom. The van der Waals surface area contributed by atoms with Gasteiger partial charge < -0.3 is 15.4 Å². The maximum atomic E-state index is 11.8. The van der Waals surface area contributed by atoms with Gasteiger partial charge in [0.2, 0.25) is 0 Å².